The number of amides is 2. The summed E-state index contributed by atoms with van der Waals surface area (Å²) in [6.45, 7) is 4.90. The smallest absolute Gasteiger partial charge is 0.309 e. The zero-order valence-electron chi connectivity index (χ0n) is 26.1. The van der Waals surface area contributed by atoms with Crippen molar-refractivity contribution in [2.24, 2.45) is 17.6 Å². The van der Waals surface area contributed by atoms with Crippen molar-refractivity contribution in [2.45, 2.75) is 104 Å². The molecule has 2 amide bonds. The maximum atomic E-state index is 14.1. The quantitative estimate of drug-likeness (QED) is 0.117. The van der Waals surface area contributed by atoms with Crippen LogP contribution in [0.2, 0.25) is 0 Å². The van der Waals surface area contributed by atoms with Crippen molar-refractivity contribution < 1.29 is 19.1 Å². The van der Waals surface area contributed by atoms with Crippen LogP contribution in [0.4, 0.5) is 0 Å². The zero-order valence-corrected chi connectivity index (χ0v) is 26.1. The number of hydrogen-bond donors (Lipinski definition) is 1. The van der Waals surface area contributed by atoms with E-state index < -0.39 is 11.8 Å². The van der Waals surface area contributed by atoms with Gasteiger partial charge >= 0.3 is 5.97 Å². The molecule has 2 aromatic carbocycles. The summed E-state index contributed by atoms with van der Waals surface area (Å²) < 4.78 is 5.45. The van der Waals surface area contributed by atoms with Crippen molar-refractivity contribution in [1.82, 2.24) is 4.90 Å². The third kappa shape index (κ3) is 13.8. The van der Waals surface area contributed by atoms with Gasteiger partial charge in [-0.1, -0.05) is 125 Å². The Hall–Kier alpha value is -2.99. The summed E-state index contributed by atoms with van der Waals surface area (Å²) in [5.41, 5.74) is 7.76. The van der Waals surface area contributed by atoms with Crippen LogP contribution in [0.15, 0.2) is 60.7 Å². The highest BCUT2D eigenvalue weighted by molar-refractivity contribution is 5.96. The van der Waals surface area contributed by atoms with Gasteiger partial charge in [0, 0.05) is 25.4 Å². The number of hydrogen-bond acceptors (Lipinski definition) is 5. The fraction of sp³-hybridized carbons (Fsp3) is 0.583. The standard InChI is InChI=1S/C36H54N2O4/c1-3-5-6-7-8-9-10-11-12-19-26-38(34(39)24-25-37)35(40)32(27-30-20-15-13-16-21-30)29-33(36(41)42-4-2)28-31-22-17-14-18-23-31/h13-18,20-23,32-33H,3-12,19,24-29,37H2,1-2H3. The number of benzene rings is 2. The molecule has 2 aromatic rings. The van der Waals surface area contributed by atoms with Gasteiger partial charge in [0.1, 0.15) is 0 Å². The normalized spacial score (nSPS) is 12.5. The van der Waals surface area contributed by atoms with Crippen molar-refractivity contribution >= 4 is 17.8 Å². The minimum absolute atomic E-state index is 0.132. The first kappa shape index (κ1) is 35.2. The summed E-state index contributed by atoms with van der Waals surface area (Å²) in [5.74, 6) is -1.77. The van der Waals surface area contributed by atoms with E-state index in [2.05, 4.69) is 6.92 Å². The van der Waals surface area contributed by atoms with Crippen LogP contribution in [0.1, 0.15) is 102 Å². The van der Waals surface area contributed by atoms with Gasteiger partial charge in [-0.2, -0.15) is 0 Å². The molecule has 2 N–H and O–H groups in total. The number of imide groups is 1. The van der Waals surface area contributed by atoms with Crippen molar-refractivity contribution in [3.63, 3.8) is 0 Å². The third-order valence-electron chi connectivity index (χ3n) is 7.85. The first-order valence-corrected chi connectivity index (χ1v) is 16.3. The Bertz CT molecular complexity index is 1010. The molecule has 2 unspecified atom stereocenters. The second kappa shape index (κ2) is 21.7. The maximum absolute atomic E-state index is 14.1. The summed E-state index contributed by atoms with van der Waals surface area (Å²) in [7, 11) is 0. The predicted molar refractivity (Wildman–Crippen MR) is 171 cm³/mol. The largest absolute Gasteiger partial charge is 0.466 e. The molecule has 2 atom stereocenters. The fourth-order valence-corrected chi connectivity index (χ4v) is 5.53. The summed E-state index contributed by atoms with van der Waals surface area (Å²) >= 11 is 0. The molecule has 232 valence electrons. The molecule has 0 spiro atoms. The van der Waals surface area contributed by atoms with E-state index in [0.717, 1.165) is 30.4 Å². The number of carbonyl (C=O) groups is 3. The second-order valence-corrected chi connectivity index (χ2v) is 11.4. The van der Waals surface area contributed by atoms with Crippen molar-refractivity contribution in [2.75, 3.05) is 19.7 Å². The lowest BCUT2D eigenvalue weighted by Gasteiger charge is -2.28. The van der Waals surface area contributed by atoms with Crippen LogP contribution in [-0.4, -0.2) is 42.4 Å². The zero-order chi connectivity index (χ0) is 30.4. The first-order valence-electron chi connectivity index (χ1n) is 16.3. The van der Waals surface area contributed by atoms with E-state index in [1.807, 2.05) is 60.7 Å². The molecular weight excluding hydrogens is 524 g/mol. The summed E-state index contributed by atoms with van der Waals surface area (Å²) in [5, 5.41) is 0. The lowest BCUT2D eigenvalue weighted by atomic mass is 9.85. The SMILES string of the molecule is CCCCCCCCCCCCN(C(=O)CCN)C(=O)C(Cc1ccccc1)CC(Cc1ccccc1)C(=O)OCC. The summed E-state index contributed by atoms with van der Waals surface area (Å²) in [6.07, 6.45) is 13.2. The predicted octanol–water partition coefficient (Wildman–Crippen LogP) is 7.28. The number of carbonyl (C=O) groups excluding carboxylic acids is 3. The minimum Gasteiger partial charge on any atom is -0.466 e. The summed E-state index contributed by atoms with van der Waals surface area (Å²) in [6, 6.07) is 19.6. The van der Waals surface area contributed by atoms with Crippen molar-refractivity contribution in [1.29, 1.82) is 0 Å². The number of rotatable bonds is 22. The molecule has 0 aliphatic rings. The van der Waals surface area contributed by atoms with E-state index >= 15 is 0 Å². The molecule has 0 aliphatic carbocycles. The molecule has 2 rings (SSSR count). The number of nitrogens with zero attached hydrogens (tertiary/aromatic N) is 1. The van der Waals surface area contributed by atoms with E-state index in [-0.39, 0.29) is 37.4 Å². The van der Waals surface area contributed by atoms with Gasteiger partial charge in [-0.25, -0.2) is 0 Å². The van der Waals surface area contributed by atoms with E-state index in [1.165, 1.54) is 49.8 Å². The second-order valence-electron chi connectivity index (χ2n) is 11.4. The lowest BCUT2D eigenvalue weighted by Crippen LogP contribution is -2.43. The minimum atomic E-state index is -0.532. The van der Waals surface area contributed by atoms with Gasteiger partial charge in [0.15, 0.2) is 0 Å². The molecule has 0 saturated heterocycles. The molecule has 6 heteroatoms. The summed E-state index contributed by atoms with van der Waals surface area (Å²) in [4.78, 5) is 41.8. The Labute approximate surface area is 254 Å². The van der Waals surface area contributed by atoms with Crippen LogP contribution in [0.25, 0.3) is 0 Å². The molecule has 0 aliphatic heterocycles. The highest BCUT2D eigenvalue weighted by Crippen LogP contribution is 2.25. The molecule has 0 saturated carbocycles. The van der Waals surface area contributed by atoms with Gasteiger partial charge in [0.05, 0.1) is 12.5 Å². The maximum Gasteiger partial charge on any atom is 0.309 e. The Morgan fingerprint density at radius 3 is 1.71 bits per heavy atom. The van der Waals surface area contributed by atoms with E-state index in [1.54, 1.807) is 6.92 Å². The first-order chi connectivity index (χ1) is 20.5. The Morgan fingerprint density at radius 1 is 0.714 bits per heavy atom. The molecule has 0 radical (unpaired) electrons. The Morgan fingerprint density at radius 2 is 1.21 bits per heavy atom. The molecule has 0 aromatic heterocycles. The highest BCUT2D eigenvalue weighted by atomic mass is 16.5. The van der Waals surface area contributed by atoms with Crippen LogP contribution in [-0.2, 0) is 32.0 Å². The van der Waals surface area contributed by atoms with Gasteiger partial charge in [-0.15, -0.1) is 0 Å². The van der Waals surface area contributed by atoms with E-state index in [4.69, 9.17) is 10.5 Å². The Kier molecular flexibility index (Phi) is 18.2. The molecular formula is C36H54N2O4. The number of unbranched alkanes of at least 4 members (excludes halogenated alkanes) is 9. The molecule has 0 heterocycles. The van der Waals surface area contributed by atoms with Crippen molar-refractivity contribution in [3.05, 3.63) is 71.8 Å². The van der Waals surface area contributed by atoms with E-state index in [0.29, 0.717) is 25.8 Å². The molecule has 42 heavy (non-hydrogen) atoms. The molecule has 0 fully saturated rings. The number of ether oxygens (including phenoxy) is 1. The van der Waals surface area contributed by atoms with Gasteiger partial charge in [0.2, 0.25) is 11.8 Å². The molecule has 6 nitrogen and oxygen atoms in total. The number of nitrogens with two attached hydrogens (primary N) is 1. The highest BCUT2D eigenvalue weighted by Gasteiger charge is 2.33. The Balaban J connectivity index is 2.14. The van der Waals surface area contributed by atoms with Crippen molar-refractivity contribution in [3.8, 4) is 0 Å². The van der Waals surface area contributed by atoms with Gasteiger partial charge < -0.3 is 10.5 Å². The van der Waals surface area contributed by atoms with E-state index in [9.17, 15) is 14.4 Å². The topological polar surface area (TPSA) is 89.7 Å². The average molecular weight is 579 g/mol. The van der Waals surface area contributed by atoms with Gasteiger partial charge in [-0.05, 0) is 43.7 Å². The van der Waals surface area contributed by atoms with Crippen LogP contribution < -0.4 is 5.73 Å². The lowest BCUT2D eigenvalue weighted by molar-refractivity contribution is -0.150. The average Bonchev–Trinajstić information content (AvgIpc) is 3.00. The third-order valence-corrected chi connectivity index (χ3v) is 7.85. The van der Waals surface area contributed by atoms with Crippen LogP contribution in [0.3, 0.4) is 0 Å². The van der Waals surface area contributed by atoms with Gasteiger partial charge in [0.25, 0.3) is 0 Å². The van der Waals surface area contributed by atoms with Crippen LogP contribution in [0.5, 0.6) is 0 Å². The monoisotopic (exact) mass is 578 g/mol. The van der Waals surface area contributed by atoms with Crippen LogP contribution in [0, 0.1) is 11.8 Å². The fourth-order valence-electron chi connectivity index (χ4n) is 5.53. The molecule has 0 bridgehead atoms. The van der Waals surface area contributed by atoms with Gasteiger partial charge in [-0.3, -0.25) is 19.3 Å². The number of esters is 1. The van der Waals surface area contributed by atoms with Crippen LogP contribution >= 0.6 is 0 Å².